The molecule has 5 amide bonds. The lowest BCUT2D eigenvalue weighted by Gasteiger charge is -2.28. The molecule has 0 aliphatic carbocycles. The van der Waals surface area contributed by atoms with Gasteiger partial charge in [-0.05, 0) is 43.1 Å². The van der Waals surface area contributed by atoms with Gasteiger partial charge in [-0.3, -0.25) is 33.8 Å². The fraction of sp³-hybridized carbons (Fsp3) is 0.576. The number of carbonyl (C=O) groups excluding carboxylic acids is 5. The molecule has 19 heteroatoms. The molecule has 0 aromatic heterocycles. The van der Waals surface area contributed by atoms with Gasteiger partial charge in [0.25, 0.3) is 0 Å². The Bertz CT molecular complexity index is 1400. The van der Waals surface area contributed by atoms with Crippen LogP contribution in [0.15, 0.2) is 35.3 Å². The lowest BCUT2D eigenvalue weighted by molar-refractivity contribution is -0.144. The Morgan fingerprint density at radius 3 is 1.71 bits per heavy atom. The van der Waals surface area contributed by atoms with Crippen LogP contribution in [0.3, 0.4) is 0 Å². The molecule has 0 fully saturated rings. The number of aliphatic hydroxyl groups is 1. The molecule has 0 spiro atoms. The number of carboxylic acid groups (broad SMARTS) is 2. The van der Waals surface area contributed by atoms with Crippen LogP contribution in [0.4, 0.5) is 0 Å². The number of rotatable bonds is 23. The van der Waals surface area contributed by atoms with Crippen LogP contribution in [0.2, 0.25) is 0 Å². The number of amides is 5. The highest BCUT2D eigenvalue weighted by Gasteiger charge is 2.34. The van der Waals surface area contributed by atoms with Gasteiger partial charge in [-0.15, -0.1) is 0 Å². The van der Waals surface area contributed by atoms with E-state index in [4.69, 9.17) is 17.2 Å². The third kappa shape index (κ3) is 16.2. The first kappa shape index (κ1) is 44.7. The third-order valence-electron chi connectivity index (χ3n) is 7.79. The second-order valence-electron chi connectivity index (χ2n) is 12.8. The van der Waals surface area contributed by atoms with Crippen LogP contribution in [0.25, 0.3) is 0 Å². The van der Waals surface area contributed by atoms with Crippen molar-refractivity contribution in [1.82, 2.24) is 26.6 Å². The first-order valence-corrected chi connectivity index (χ1v) is 16.8. The standard InChI is InChI=1S/C33H53N9O10/c1-17(2)25(31(50)39-22(12-13-24(44)45)29(48)42-26(18(3)4)32(51)52)41-30(49)23(16-43)40-28(47)21(11-8-14-37-33(35)36)38-27(46)20(34)15-19-9-6-5-7-10-19/h5-7,9-10,17-18,20-23,25-26,43H,8,11-16,34H2,1-4H3,(H,38,46)(H,39,50)(H,40,47)(H,41,49)(H,42,48)(H,44,45)(H,51,52)(H4,35,36,37). The maximum atomic E-state index is 13.4. The van der Waals surface area contributed by atoms with Gasteiger partial charge in [0, 0.05) is 13.0 Å². The Kier molecular flexibility index (Phi) is 19.4. The van der Waals surface area contributed by atoms with E-state index in [0.717, 1.165) is 5.56 Å². The number of nitrogens with two attached hydrogens (primary N) is 3. The summed E-state index contributed by atoms with van der Waals surface area (Å²) in [6.07, 6.45) is -0.516. The van der Waals surface area contributed by atoms with Gasteiger partial charge in [0.2, 0.25) is 29.5 Å². The molecule has 0 saturated carbocycles. The van der Waals surface area contributed by atoms with E-state index in [1.54, 1.807) is 58.0 Å². The van der Waals surface area contributed by atoms with Crippen molar-refractivity contribution in [3.8, 4) is 0 Å². The van der Waals surface area contributed by atoms with Crippen LogP contribution in [-0.2, 0) is 40.0 Å². The second-order valence-corrected chi connectivity index (χ2v) is 12.8. The number of nitrogens with zero attached hydrogens (tertiary/aromatic N) is 1. The number of benzene rings is 1. The highest BCUT2D eigenvalue weighted by molar-refractivity contribution is 5.96. The van der Waals surface area contributed by atoms with E-state index in [-0.39, 0.29) is 31.8 Å². The summed E-state index contributed by atoms with van der Waals surface area (Å²) in [7, 11) is 0. The summed E-state index contributed by atoms with van der Waals surface area (Å²) in [6, 6.07) is 0.915. The molecule has 1 aromatic rings. The molecule has 0 saturated heterocycles. The molecule has 52 heavy (non-hydrogen) atoms. The first-order chi connectivity index (χ1) is 24.4. The lowest BCUT2D eigenvalue weighted by atomic mass is 10.0. The van der Waals surface area contributed by atoms with Crippen LogP contribution < -0.4 is 43.8 Å². The Labute approximate surface area is 301 Å². The zero-order chi connectivity index (χ0) is 39.5. The summed E-state index contributed by atoms with van der Waals surface area (Å²) in [5.41, 5.74) is 17.6. The van der Waals surface area contributed by atoms with E-state index in [1.807, 2.05) is 0 Å². The molecule has 6 atom stereocenters. The minimum absolute atomic E-state index is 0.0164. The number of hydrogen-bond acceptors (Lipinski definition) is 10. The van der Waals surface area contributed by atoms with Crippen molar-refractivity contribution in [3.63, 3.8) is 0 Å². The predicted molar refractivity (Wildman–Crippen MR) is 189 cm³/mol. The summed E-state index contributed by atoms with van der Waals surface area (Å²) in [5.74, 6) is -8.30. The largest absolute Gasteiger partial charge is 0.481 e. The van der Waals surface area contributed by atoms with Crippen LogP contribution in [0.5, 0.6) is 0 Å². The minimum atomic E-state index is -1.61. The average molecular weight is 736 g/mol. The van der Waals surface area contributed by atoms with Gasteiger partial charge < -0.3 is 59.1 Å². The Morgan fingerprint density at radius 1 is 0.692 bits per heavy atom. The fourth-order valence-corrected chi connectivity index (χ4v) is 4.83. The van der Waals surface area contributed by atoms with Gasteiger partial charge in [-0.1, -0.05) is 58.0 Å². The Balaban J connectivity index is 3.13. The van der Waals surface area contributed by atoms with Gasteiger partial charge in [0.15, 0.2) is 5.96 Å². The van der Waals surface area contributed by atoms with Crippen molar-refractivity contribution in [3.05, 3.63) is 35.9 Å². The molecule has 1 rings (SSSR count). The van der Waals surface area contributed by atoms with Crippen molar-refractivity contribution in [2.24, 2.45) is 34.0 Å². The van der Waals surface area contributed by atoms with E-state index in [9.17, 15) is 48.9 Å². The van der Waals surface area contributed by atoms with Crippen LogP contribution in [-0.4, -0.2) is 112 Å². The van der Waals surface area contributed by atoms with Crippen LogP contribution in [0.1, 0.15) is 58.9 Å². The topological polar surface area (TPSA) is 331 Å². The van der Waals surface area contributed by atoms with Crippen LogP contribution >= 0.6 is 0 Å². The Hall–Kier alpha value is -5.30. The van der Waals surface area contributed by atoms with Gasteiger partial charge in [0.1, 0.15) is 30.2 Å². The Morgan fingerprint density at radius 2 is 1.19 bits per heavy atom. The molecule has 0 aliphatic heterocycles. The third-order valence-corrected chi connectivity index (χ3v) is 7.79. The summed E-state index contributed by atoms with van der Waals surface area (Å²) in [4.78, 5) is 92.8. The quantitative estimate of drug-likeness (QED) is 0.0310. The zero-order valence-electron chi connectivity index (χ0n) is 29.8. The molecule has 0 bridgehead atoms. The first-order valence-electron chi connectivity index (χ1n) is 16.8. The normalized spacial score (nSPS) is 14.5. The molecular formula is C33H53N9O10. The summed E-state index contributed by atoms with van der Waals surface area (Å²) < 4.78 is 0. The molecule has 1 aromatic carbocycles. The molecule has 0 aliphatic rings. The van der Waals surface area contributed by atoms with Crippen molar-refractivity contribution < 1.29 is 48.9 Å². The molecule has 6 unspecified atom stereocenters. The molecular weight excluding hydrogens is 682 g/mol. The summed E-state index contributed by atoms with van der Waals surface area (Å²) in [6.45, 7) is 5.42. The van der Waals surface area contributed by atoms with Gasteiger partial charge in [-0.25, -0.2) is 4.79 Å². The zero-order valence-corrected chi connectivity index (χ0v) is 29.8. The molecule has 14 N–H and O–H groups in total. The number of nitrogens with one attached hydrogen (secondary N) is 5. The number of hydrogen-bond donors (Lipinski definition) is 11. The number of carbonyl (C=O) groups is 7. The van der Waals surface area contributed by atoms with Crippen molar-refractivity contribution in [1.29, 1.82) is 0 Å². The highest BCUT2D eigenvalue weighted by Crippen LogP contribution is 2.09. The molecule has 290 valence electrons. The highest BCUT2D eigenvalue weighted by atomic mass is 16.4. The van der Waals surface area contributed by atoms with E-state index in [1.165, 1.54) is 0 Å². The van der Waals surface area contributed by atoms with Crippen LogP contribution in [0, 0.1) is 11.8 Å². The van der Waals surface area contributed by atoms with Crippen molar-refractivity contribution >= 4 is 47.4 Å². The SMILES string of the molecule is CC(C)C(NC(=O)C(CCC(=O)O)NC(=O)C(NC(=O)C(CO)NC(=O)C(CCCN=C(N)N)NC(=O)C(N)Cc1ccccc1)C(C)C)C(=O)O. The smallest absolute Gasteiger partial charge is 0.326 e. The predicted octanol–water partition coefficient (Wildman–Crippen LogP) is -2.71. The van der Waals surface area contributed by atoms with Gasteiger partial charge in [-0.2, -0.15) is 0 Å². The lowest BCUT2D eigenvalue weighted by Crippen LogP contribution is -2.61. The number of aliphatic imine (C=N–C) groups is 1. The maximum Gasteiger partial charge on any atom is 0.326 e. The van der Waals surface area contributed by atoms with Gasteiger partial charge in [0.05, 0.1) is 12.6 Å². The van der Waals surface area contributed by atoms with E-state index in [2.05, 4.69) is 31.6 Å². The van der Waals surface area contributed by atoms with E-state index >= 15 is 0 Å². The number of aliphatic hydroxyl groups excluding tert-OH is 1. The van der Waals surface area contributed by atoms with Gasteiger partial charge >= 0.3 is 11.9 Å². The molecule has 0 radical (unpaired) electrons. The van der Waals surface area contributed by atoms with Crippen molar-refractivity contribution in [2.75, 3.05) is 13.2 Å². The molecule has 0 heterocycles. The van der Waals surface area contributed by atoms with Crippen molar-refractivity contribution in [2.45, 2.75) is 96.1 Å². The van der Waals surface area contributed by atoms with E-state index < -0.39 is 109 Å². The monoisotopic (exact) mass is 735 g/mol. The second kappa shape index (κ2) is 22.5. The number of carboxylic acids is 2. The maximum absolute atomic E-state index is 13.4. The van der Waals surface area contributed by atoms with E-state index in [0.29, 0.717) is 0 Å². The molecule has 19 nitrogen and oxygen atoms in total. The summed E-state index contributed by atoms with van der Waals surface area (Å²) in [5, 5.41) is 40.7. The fourth-order valence-electron chi connectivity index (χ4n) is 4.83. The summed E-state index contributed by atoms with van der Waals surface area (Å²) >= 11 is 0. The average Bonchev–Trinajstić information content (AvgIpc) is 3.07. The number of aliphatic carboxylic acids is 2. The minimum Gasteiger partial charge on any atom is -0.481 e. The number of guanidine groups is 1.